The maximum atomic E-state index is 13.2. The summed E-state index contributed by atoms with van der Waals surface area (Å²) < 4.78 is 31.3. The molecule has 2 rings (SSSR count). The van der Waals surface area contributed by atoms with Crippen molar-refractivity contribution in [2.24, 2.45) is 5.73 Å². The minimum absolute atomic E-state index is 0.0762. The molecular weight excluding hydrogens is 244 g/mol. The fourth-order valence-electron chi connectivity index (χ4n) is 1.35. The van der Waals surface area contributed by atoms with Gasteiger partial charge in [-0.25, -0.2) is 8.78 Å². The highest BCUT2D eigenvalue weighted by molar-refractivity contribution is 7.11. The predicted octanol–water partition coefficient (Wildman–Crippen LogP) is 3.06. The van der Waals surface area contributed by atoms with Crippen LogP contribution in [0.2, 0.25) is 0 Å². The van der Waals surface area contributed by atoms with E-state index in [0.717, 1.165) is 28.0 Å². The lowest BCUT2D eigenvalue weighted by molar-refractivity contribution is 0.291. The van der Waals surface area contributed by atoms with Gasteiger partial charge >= 0.3 is 0 Å². The minimum atomic E-state index is -0.568. The van der Waals surface area contributed by atoms with Crippen molar-refractivity contribution in [2.45, 2.75) is 13.2 Å². The number of benzene rings is 1. The molecule has 90 valence electrons. The van der Waals surface area contributed by atoms with Crippen molar-refractivity contribution in [1.82, 2.24) is 0 Å². The number of hydrogen-bond donors (Lipinski definition) is 1. The van der Waals surface area contributed by atoms with Crippen molar-refractivity contribution < 1.29 is 13.5 Å². The first-order valence-electron chi connectivity index (χ1n) is 5.04. The van der Waals surface area contributed by atoms with E-state index in [2.05, 4.69) is 0 Å². The van der Waals surface area contributed by atoms with Crippen LogP contribution in [0.15, 0.2) is 30.3 Å². The van der Waals surface area contributed by atoms with Crippen LogP contribution in [-0.2, 0) is 13.2 Å². The van der Waals surface area contributed by atoms with E-state index in [-0.39, 0.29) is 12.4 Å². The Kier molecular flexibility index (Phi) is 3.71. The van der Waals surface area contributed by atoms with Gasteiger partial charge in [0.1, 0.15) is 12.4 Å². The lowest BCUT2D eigenvalue weighted by Crippen LogP contribution is -1.96. The van der Waals surface area contributed by atoms with E-state index in [1.54, 1.807) is 0 Å². The molecule has 0 aliphatic rings. The molecule has 2 aromatic rings. The van der Waals surface area contributed by atoms with Gasteiger partial charge in [0.25, 0.3) is 0 Å². The Morgan fingerprint density at radius 3 is 2.59 bits per heavy atom. The highest BCUT2D eigenvalue weighted by Crippen LogP contribution is 2.22. The van der Waals surface area contributed by atoms with Crippen LogP contribution in [-0.4, -0.2) is 0 Å². The highest BCUT2D eigenvalue weighted by atomic mass is 32.1. The van der Waals surface area contributed by atoms with Crippen LogP contribution in [0.3, 0.4) is 0 Å². The van der Waals surface area contributed by atoms with Crippen LogP contribution in [0.5, 0.6) is 5.75 Å². The van der Waals surface area contributed by atoms with Crippen molar-refractivity contribution in [2.75, 3.05) is 0 Å². The summed E-state index contributed by atoms with van der Waals surface area (Å²) >= 11 is 1.50. The molecule has 0 atom stereocenters. The van der Waals surface area contributed by atoms with Gasteiger partial charge in [-0.1, -0.05) is 0 Å². The fourth-order valence-corrected chi connectivity index (χ4v) is 2.16. The molecule has 0 amide bonds. The van der Waals surface area contributed by atoms with Crippen LogP contribution in [0, 0.1) is 11.6 Å². The first kappa shape index (κ1) is 12.0. The largest absolute Gasteiger partial charge is 0.485 e. The molecule has 2 nitrogen and oxygen atoms in total. The van der Waals surface area contributed by atoms with Gasteiger partial charge in [-0.05, 0) is 24.3 Å². The smallest absolute Gasteiger partial charge is 0.165 e. The Balaban J connectivity index is 2.04. The van der Waals surface area contributed by atoms with E-state index in [1.807, 2.05) is 12.1 Å². The third-order valence-electron chi connectivity index (χ3n) is 2.18. The Morgan fingerprint density at radius 1 is 1.12 bits per heavy atom. The molecule has 0 aliphatic carbocycles. The van der Waals surface area contributed by atoms with Crippen molar-refractivity contribution >= 4 is 11.3 Å². The van der Waals surface area contributed by atoms with Gasteiger partial charge in [0.15, 0.2) is 11.6 Å². The van der Waals surface area contributed by atoms with Gasteiger partial charge in [-0.3, -0.25) is 0 Å². The second kappa shape index (κ2) is 5.25. The van der Waals surface area contributed by atoms with Gasteiger partial charge in [0.05, 0.1) is 0 Å². The van der Waals surface area contributed by atoms with Crippen molar-refractivity contribution in [3.63, 3.8) is 0 Å². The maximum Gasteiger partial charge on any atom is 0.165 e. The Bertz CT molecular complexity index is 513. The Hall–Kier alpha value is -1.46. The highest BCUT2D eigenvalue weighted by Gasteiger charge is 2.06. The quantitative estimate of drug-likeness (QED) is 0.911. The van der Waals surface area contributed by atoms with Crippen LogP contribution in [0.25, 0.3) is 0 Å². The summed E-state index contributed by atoms with van der Waals surface area (Å²) in [6.45, 7) is 0.685. The van der Waals surface area contributed by atoms with Crippen molar-refractivity contribution in [3.05, 3.63) is 51.7 Å². The van der Waals surface area contributed by atoms with E-state index in [9.17, 15) is 8.78 Å². The maximum absolute atomic E-state index is 13.2. The first-order valence-corrected chi connectivity index (χ1v) is 5.86. The summed E-state index contributed by atoms with van der Waals surface area (Å²) in [5, 5.41) is 0. The third kappa shape index (κ3) is 3.01. The summed E-state index contributed by atoms with van der Waals surface area (Å²) in [5.41, 5.74) is 5.47. The zero-order valence-corrected chi connectivity index (χ0v) is 9.77. The van der Waals surface area contributed by atoms with Gasteiger partial charge in [-0.2, -0.15) is 0 Å². The predicted molar refractivity (Wildman–Crippen MR) is 62.9 cm³/mol. The third-order valence-corrected chi connectivity index (χ3v) is 3.26. The molecular formula is C12H11F2NOS. The Morgan fingerprint density at radius 2 is 1.88 bits per heavy atom. The van der Waals surface area contributed by atoms with Crippen LogP contribution >= 0.6 is 11.3 Å². The molecule has 0 fully saturated rings. The zero-order chi connectivity index (χ0) is 12.3. The summed E-state index contributed by atoms with van der Waals surface area (Å²) in [7, 11) is 0. The van der Waals surface area contributed by atoms with E-state index in [4.69, 9.17) is 10.5 Å². The summed E-state index contributed by atoms with van der Waals surface area (Å²) in [4.78, 5) is 1.96. The molecule has 1 heterocycles. The van der Waals surface area contributed by atoms with E-state index in [1.165, 1.54) is 11.3 Å². The van der Waals surface area contributed by atoms with Gasteiger partial charge in [0, 0.05) is 22.4 Å². The molecule has 0 bridgehead atoms. The molecule has 2 N–H and O–H groups in total. The average molecular weight is 255 g/mol. The summed E-state index contributed by atoms with van der Waals surface area (Å²) in [6, 6.07) is 6.90. The summed E-state index contributed by atoms with van der Waals surface area (Å²) in [6.07, 6.45) is 0. The van der Waals surface area contributed by atoms with Crippen LogP contribution in [0.4, 0.5) is 8.78 Å². The lowest BCUT2D eigenvalue weighted by Gasteiger charge is -2.05. The number of thiophene rings is 1. The number of hydrogen-bond acceptors (Lipinski definition) is 3. The molecule has 1 aromatic carbocycles. The molecule has 0 aliphatic heterocycles. The second-order valence-electron chi connectivity index (χ2n) is 3.44. The number of nitrogens with two attached hydrogens (primary N) is 1. The lowest BCUT2D eigenvalue weighted by atomic mass is 10.3. The first-order chi connectivity index (χ1) is 8.19. The SMILES string of the molecule is NCc1ccc(COc2cc(F)ccc2F)s1. The molecule has 0 unspecified atom stereocenters. The molecule has 0 radical (unpaired) electrons. The van der Waals surface area contributed by atoms with Gasteiger partial charge in [0.2, 0.25) is 0 Å². The molecule has 1 aromatic heterocycles. The van der Waals surface area contributed by atoms with E-state index in [0.29, 0.717) is 6.54 Å². The number of halogens is 2. The standard InChI is InChI=1S/C12H11F2NOS/c13-8-1-4-11(14)12(5-8)16-7-10-3-2-9(6-15)17-10/h1-5H,6-7,15H2. The van der Waals surface area contributed by atoms with Crippen LogP contribution in [0.1, 0.15) is 9.75 Å². The van der Waals surface area contributed by atoms with Crippen molar-refractivity contribution in [1.29, 1.82) is 0 Å². The number of rotatable bonds is 4. The molecule has 5 heteroatoms. The van der Waals surface area contributed by atoms with Crippen LogP contribution < -0.4 is 10.5 Å². The molecule has 0 spiro atoms. The second-order valence-corrected chi connectivity index (χ2v) is 4.69. The molecule has 0 saturated carbocycles. The molecule has 17 heavy (non-hydrogen) atoms. The van der Waals surface area contributed by atoms with Crippen molar-refractivity contribution in [3.8, 4) is 5.75 Å². The normalized spacial score (nSPS) is 10.5. The average Bonchev–Trinajstić information content (AvgIpc) is 2.78. The monoisotopic (exact) mass is 255 g/mol. The Labute approximate surface area is 102 Å². The molecule has 0 saturated heterocycles. The topological polar surface area (TPSA) is 35.2 Å². The minimum Gasteiger partial charge on any atom is -0.485 e. The van der Waals surface area contributed by atoms with Gasteiger partial charge < -0.3 is 10.5 Å². The summed E-state index contributed by atoms with van der Waals surface area (Å²) in [5.74, 6) is -1.16. The van der Waals surface area contributed by atoms with E-state index >= 15 is 0 Å². The van der Waals surface area contributed by atoms with E-state index < -0.39 is 11.6 Å². The van der Waals surface area contributed by atoms with Gasteiger partial charge in [-0.15, -0.1) is 11.3 Å². The fraction of sp³-hybridized carbons (Fsp3) is 0.167. The zero-order valence-electron chi connectivity index (χ0n) is 8.95. The number of ether oxygens (including phenoxy) is 1.